The van der Waals surface area contributed by atoms with E-state index in [-0.39, 0.29) is 6.42 Å². The SMILES string of the molecule is COC(=O)c1ccc(B2OC(C)(C)C(C)(CCC=C(F)F)O2)cc1. The number of hydrogen-bond acceptors (Lipinski definition) is 4. The van der Waals surface area contributed by atoms with Crippen molar-refractivity contribution in [2.24, 2.45) is 0 Å². The summed E-state index contributed by atoms with van der Waals surface area (Å²) in [4.78, 5) is 11.5. The second-order valence-electron chi connectivity index (χ2n) is 6.45. The highest BCUT2D eigenvalue weighted by Gasteiger charge is 2.53. The van der Waals surface area contributed by atoms with E-state index in [1.165, 1.54) is 7.11 Å². The van der Waals surface area contributed by atoms with Crippen molar-refractivity contribution in [1.29, 1.82) is 0 Å². The fourth-order valence-electron chi connectivity index (χ4n) is 2.64. The molecule has 1 heterocycles. The Morgan fingerprint density at radius 1 is 1.21 bits per heavy atom. The van der Waals surface area contributed by atoms with Crippen LogP contribution in [0.4, 0.5) is 8.78 Å². The molecule has 130 valence electrons. The van der Waals surface area contributed by atoms with Gasteiger partial charge in [0.05, 0.1) is 23.9 Å². The molecule has 0 radical (unpaired) electrons. The van der Waals surface area contributed by atoms with Crippen LogP contribution in [-0.4, -0.2) is 31.4 Å². The number of benzene rings is 1. The van der Waals surface area contributed by atoms with Crippen LogP contribution in [0.5, 0.6) is 0 Å². The zero-order chi connectivity index (χ0) is 18.0. The topological polar surface area (TPSA) is 44.8 Å². The Labute approximate surface area is 140 Å². The van der Waals surface area contributed by atoms with Crippen molar-refractivity contribution in [3.05, 3.63) is 42.0 Å². The summed E-state index contributed by atoms with van der Waals surface area (Å²) in [5.41, 5.74) is -0.152. The summed E-state index contributed by atoms with van der Waals surface area (Å²) >= 11 is 0. The van der Waals surface area contributed by atoms with Gasteiger partial charge >= 0.3 is 13.1 Å². The molecule has 1 aliphatic rings. The number of allylic oxidation sites excluding steroid dienone is 1. The first-order valence-electron chi connectivity index (χ1n) is 7.73. The minimum atomic E-state index is -1.69. The highest BCUT2D eigenvalue weighted by atomic mass is 19.3. The number of carbonyl (C=O) groups excluding carboxylic acids is 1. The third-order valence-electron chi connectivity index (χ3n) is 4.57. The van der Waals surface area contributed by atoms with E-state index >= 15 is 0 Å². The Balaban J connectivity index is 2.13. The molecule has 0 saturated carbocycles. The van der Waals surface area contributed by atoms with Crippen LogP contribution in [-0.2, 0) is 14.0 Å². The first kappa shape index (κ1) is 18.6. The average molecular weight is 338 g/mol. The number of carbonyl (C=O) groups is 1. The van der Waals surface area contributed by atoms with Crippen molar-refractivity contribution in [1.82, 2.24) is 0 Å². The molecule has 0 amide bonds. The normalized spacial score (nSPS) is 22.3. The van der Waals surface area contributed by atoms with Gasteiger partial charge in [0.25, 0.3) is 6.08 Å². The average Bonchev–Trinajstić information content (AvgIpc) is 2.76. The lowest BCUT2D eigenvalue weighted by molar-refractivity contribution is -0.0149. The molecule has 1 saturated heterocycles. The van der Waals surface area contributed by atoms with E-state index in [0.29, 0.717) is 12.0 Å². The van der Waals surface area contributed by atoms with Crippen molar-refractivity contribution in [2.75, 3.05) is 7.11 Å². The number of halogens is 2. The standard InChI is InChI=1S/C17H21BF2O4/c1-16(2)17(3,11-5-6-14(19)20)24-18(23-16)13-9-7-12(8-10-13)15(21)22-4/h6-10H,5,11H2,1-4H3. The Morgan fingerprint density at radius 2 is 1.83 bits per heavy atom. The largest absolute Gasteiger partial charge is 0.494 e. The van der Waals surface area contributed by atoms with Gasteiger partial charge in [0.1, 0.15) is 0 Å². The quantitative estimate of drug-likeness (QED) is 0.610. The van der Waals surface area contributed by atoms with Crippen molar-refractivity contribution >= 4 is 18.6 Å². The van der Waals surface area contributed by atoms with Crippen LogP contribution >= 0.6 is 0 Å². The van der Waals surface area contributed by atoms with E-state index in [9.17, 15) is 13.6 Å². The van der Waals surface area contributed by atoms with E-state index < -0.39 is 30.4 Å². The van der Waals surface area contributed by atoms with Gasteiger partial charge in [-0.05, 0) is 57.3 Å². The van der Waals surface area contributed by atoms with E-state index in [4.69, 9.17) is 9.31 Å². The summed E-state index contributed by atoms with van der Waals surface area (Å²) in [5.74, 6) is -0.417. The van der Waals surface area contributed by atoms with Gasteiger partial charge in [0, 0.05) is 0 Å². The highest BCUT2D eigenvalue weighted by molar-refractivity contribution is 6.62. The van der Waals surface area contributed by atoms with Gasteiger partial charge in [-0.3, -0.25) is 0 Å². The molecule has 1 unspecified atom stereocenters. The van der Waals surface area contributed by atoms with Gasteiger partial charge in [-0.25, -0.2) is 4.79 Å². The molecule has 1 fully saturated rings. The molecule has 1 aromatic carbocycles. The van der Waals surface area contributed by atoms with E-state index in [1.807, 2.05) is 20.8 Å². The maximum atomic E-state index is 12.3. The fraction of sp³-hybridized carbons (Fsp3) is 0.471. The van der Waals surface area contributed by atoms with Gasteiger partial charge in [-0.1, -0.05) is 12.1 Å². The lowest BCUT2D eigenvalue weighted by atomic mass is 9.79. The van der Waals surface area contributed by atoms with Crippen LogP contribution in [0.3, 0.4) is 0 Å². The number of esters is 1. The minimum Gasteiger partial charge on any atom is -0.465 e. The number of hydrogen-bond donors (Lipinski definition) is 0. The van der Waals surface area contributed by atoms with E-state index in [1.54, 1.807) is 24.3 Å². The molecular formula is C17H21BF2O4. The Morgan fingerprint density at radius 3 is 2.38 bits per heavy atom. The molecular weight excluding hydrogens is 317 g/mol. The molecule has 1 aromatic rings. The fourth-order valence-corrected chi connectivity index (χ4v) is 2.64. The van der Waals surface area contributed by atoms with Crippen molar-refractivity contribution < 1.29 is 27.6 Å². The van der Waals surface area contributed by atoms with Gasteiger partial charge in [-0.2, -0.15) is 8.78 Å². The van der Waals surface area contributed by atoms with E-state index in [2.05, 4.69) is 4.74 Å². The highest BCUT2D eigenvalue weighted by Crippen LogP contribution is 2.40. The van der Waals surface area contributed by atoms with E-state index in [0.717, 1.165) is 11.5 Å². The minimum absolute atomic E-state index is 0.208. The molecule has 2 rings (SSSR count). The molecule has 7 heteroatoms. The van der Waals surface area contributed by atoms with Gasteiger partial charge in [0.2, 0.25) is 0 Å². The maximum Gasteiger partial charge on any atom is 0.494 e. The van der Waals surface area contributed by atoms with Gasteiger partial charge in [0.15, 0.2) is 0 Å². The Kier molecular flexibility index (Phi) is 5.45. The molecule has 0 spiro atoms. The van der Waals surface area contributed by atoms with Gasteiger partial charge in [-0.15, -0.1) is 0 Å². The second kappa shape index (κ2) is 7.03. The van der Waals surface area contributed by atoms with Crippen LogP contribution in [0.2, 0.25) is 0 Å². The lowest BCUT2D eigenvalue weighted by Crippen LogP contribution is -2.44. The Hall–Kier alpha value is -1.73. The summed E-state index contributed by atoms with van der Waals surface area (Å²) in [6, 6.07) is 6.75. The molecule has 1 atom stereocenters. The van der Waals surface area contributed by atoms with Crippen molar-refractivity contribution in [3.8, 4) is 0 Å². The molecule has 0 N–H and O–H groups in total. The molecule has 24 heavy (non-hydrogen) atoms. The first-order chi connectivity index (χ1) is 11.2. The summed E-state index contributed by atoms with van der Waals surface area (Å²) in [6.07, 6.45) is -0.179. The second-order valence-corrected chi connectivity index (χ2v) is 6.45. The summed E-state index contributed by atoms with van der Waals surface area (Å²) in [5, 5.41) is 0. The van der Waals surface area contributed by atoms with Crippen LogP contribution < -0.4 is 5.46 Å². The first-order valence-corrected chi connectivity index (χ1v) is 7.73. The summed E-state index contributed by atoms with van der Waals surface area (Å²) in [6.45, 7) is 5.62. The smallest absolute Gasteiger partial charge is 0.465 e. The summed E-state index contributed by atoms with van der Waals surface area (Å²) < 4.78 is 41.2. The molecule has 0 bridgehead atoms. The van der Waals surface area contributed by atoms with Gasteiger partial charge < -0.3 is 14.0 Å². The predicted molar refractivity (Wildman–Crippen MR) is 87.4 cm³/mol. The molecule has 1 aliphatic heterocycles. The van der Waals surface area contributed by atoms with Crippen molar-refractivity contribution in [3.63, 3.8) is 0 Å². The third kappa shape index (κ3) is 3.84. The van der Waals surface area contributed by atoms with Crippen LogP contribution in [0.1, 0.15) is 44.0 Å². The third-order valence-corrected chi connectivity index (χ3v) is 4.57. The zero-order valence-corrected chi connectivity index (χ0v) is 14.3. The zero-order valence-electron chi connectivity index (χ0n) is 14.3. The monoisotopic (exact) mass is 338 g/mol. The van der Waals surface area contributed by atoms with Crippen LogP contribution in [0.15, 0.2) is 36.4 Å². The lowest BCUT2D eigenvalue weighted by Gasteiger charge is -2.36. The molecule has 4 nitrogen and oxygen atoms in total. The van der Waals surface area contributed by atoms with Crippen LogP contribution in [0, 0.1) is 0 Å². The van der Waals surface area contributed by atoms with Crippen molar-refractivity contribution in [2.45, 2.75) is 44.8 Å². The predicted octanol–water partition coefficient (Wildman–Crippen LogP) is 3.31. The number of methoxy groups -OCH3 is 1. The number of rotatable bonds is 5. The molecule has 0 aliphatic carbocycles. The number of ether oxygens (including phenoxy) is 1. The van der Waals surface area contributed by atoms with Crippen LogP contribution in [0.25, 0.3) is 0 Å². The summed E-state index contributed by atoms with van der Waals surface area (Å²) in [7, 11) is 0.707. The Bertz CT molecular complexity index is 626. The maximum absolute atomic E-state index is 12.3. The molecule has 0 aromatic heterocycles.